The van der Waals surface area contributed by atoms with Crippen LogP contribution in [0.25, 0.3) is 0 Å². The third-order valence-corrected chi connectivity index (χ3v) is 5.93. The fraction of sp³-hybridized carbons (Fsp3) is 0.850. The molecule has 0 bridgehead atoms. The highest BCUT2D eigenvalue weighted by atomic mass is 15.2. The van der Waals surface area contributed by atoms with Gasteiger partial charge in [-0.2, -0.15) is 0 Å². The minimum atomic E-state index is 0.684. The molecule has 2 fully saturated rings. The molecule has 2 aliphatic rings. The van der Waals surface area contributed by atoms with E-state index in [1.165, 1.54) is 69.7 Å². The Hall–Kier alpha value is -0.870. The summed E-state index contributed by atoms with van der Waals surface area (Å²) in [5.41, 5.74) is 1.28. The topological polar surface area (TPSA) is 35.2 Å². The Labute approximate surface area is 148 Å². The Morgan fingerprint density at radius 1 is 1.21 bits per heavy atom. The smallest absolute Gasteiger partial charge is 0.106 e. The highest BCUT2D eigenvalue weighted by Gasteiger charge is 2.23. The first-order valence-electron chi connectivity index (χ1n) is 10.1. The summed E-state index contributed by atoms with van der Waals surface area (Å²) in [5.74, 6) is 2.88. The number of hydrogen-bond donors (Lipinski definition) is 1. The Balaban J connectivity index is 1.44. The lowest BCUT2D eigenvalue weighted by atomic mass is 9.96. The second-order valence-corrected chi connectivity index (χ2v) is 8.50. The Morgan fingerprint density at radius 3 is 2.71 bits per heavy atom. The number of nitrogens with one attached hydrogen (secondary N) is 1. The summed E-state index contributed by atoms with van der Waals surface area (Å²) in [6.45, 7) is 9.38. The fourth-order valence-electron chi connectivity index (χ4n) is 4.59. The number of hydrogen-bond acceptors (Lipinski definition) is 3. The number of aromatic nitrogens is 2. The molecule has 24 heavy (non-hydrogen) atoms. The maximum Gasteiger partial charge on any atom is 0.106 e. The van der Waals surface area contributed by atoms with E-state index in [1.807, 2.05) is 0 Å². The molecule has 1 aliphatic heterocycles. The number of aromatic amines is 1. The van der Waals surface area contributed by atoms with Gasteiger partial charge in [-0.15, -0.1) is 0 Å². The molecule has 1 saturated heterocycles. The van der Waals surface area contributed by atoms with Crippen LogP contribution in [-0.2, 0) is 13.0 Å². The fourth-order valence-corrected chi connectivity index (χ4v) is 4.59. The summed E-state index contributed by atoms with van der Waals surface area (Å²) >= 11 is 0. The van der Waals surface area contributed by atoms with Crippen LogP contribution in [0.1, 0.15) is 63.9 Å². The predicted molar refractivity (Wildman–Crippen MR) is 100 cm³/mol. The molecular formula is C20H36N4. The summed E-state index contributed by atoms with van der Waals surface area (Å²) < 4.78 is 0. The summed E-state index contributed by atoms with van der Waals surface area (Å²) in [7, 11) is 2.26. The van der Waals surface area contributed by atoms with Crippen LogP contribution in [0.5, 0.6) is 0 Å². The Kier molecular flexibility index (Phi) is 6.34. The van der Waals surface area contributed by atoms with E-state index in [-0.39, 0.29) is 0 Å². The van der Waals surface area contributed by atoms with E-state index >= 15 is 0 Å². The first-order valence-corrected chi connectivity index (χ1v) is 10.1. The summed E-state index contributed by atoms with van der Waals surface area (Å²) in [6, 6.07) is 0.684. The molecule has 1 unspecified atom stereocenters. The number of piperidine rings is 1. The third kappa shape index (κ3) is 5.06. The number of rotatable bonds is 7. The van der Waals surface area contributed by atoms with Crippen molar-refractivity contribution >= 4 is 0 Å². The van der Waals surface area contributed by atoms with Crippen LogP contribution < -0.4 is 0 Å². The standard InChI is InChI=1S/C20H36N4/c1-16(2)24-10-6-9-18(14-24)13-23(3)15-19-12-21-20(22-19)11-17-7-4-5-8-17/h12,16-18H,4-11,13-15H2,1-3H3,(H,21,22). The van der Waals surface area contributed by atoms with Gasteiger partial charge in [0.1, 0.15) is 5.82 Å². The van der Waals surface area contributed by atoms with Crippen molar-refractivity contribution < 1.29 is 0 Å². The number of imidazole rings is 1. The maximum atomic E-state index is 4.62. The Bertz CT molecular complexity index is 490. The molecular weight excluding hydrogens is 296 g/mol. The SMILES string of the molecule is CC(C)N1CCCC(CN(C)Cc2cnc(CC3CCCC3)[nH]2)C1. The van der Waals surface area contributed by atoms with Crippen LogP contribution in [0, 0.1) is 11.8 Å². The maximum absolute atomic E-state index is 4.62. The van der Waals surface area contributed by atoms with E-state index in [4.69, 9.17) is 0 Å². The van der Waals surface area contributed by atoms with Crippen molar-refractivity contribution in [1.82, 2.24) is 19.8 Å². The van der Waals surface area contributed by atoms with Gasteiger partial charge >= 0.3 is 0 Å². The van der Waals surface area contributed by atoms with Crippen LogP contribution in [0.15, 0.2) is 6.20 Å². The summed E-state index contributed by atoms with van der Waals surface area (Å²) in [5, 5.41) is 0. The van der Waals surface area contributed by atoms with Crippen molar-refractivity contribution in [3.05, 3.63) is 17.7 Å². The molecule has 3 rings (SSSR count). The zero-order valence-corrected chi connectivity index (χ0v) is 15.9. The monoisotopic (exact) mass is 332 g/mol. The molecule has 2 heterocycles. The van der Waals surface area contributed by atoms with Gasteiger partial charge in [0.15, 0.2) is 0 Å². The van der Waals surface area contributed by atoms with Gasteiger partial charge in [-0.25, -0.2) is 4.98 Å². The third-order valence-electron chi connectivity index (χ3n) is 5.93. The van der Waals surface area contributed by atoms with E-state index in [9.17, 15) is 0 Å². The minimum absolute atomic E-state index is 0.684. The van der Waals surface area contributed by atoms with E-state index in [2.05, 4.69) is 46.9 Å². The number of nitrogens with zero attached hydrogens (tertiary/aromatic N) is 3. The van der Waals surface area contributed by atoms with Gasteiger partial charge < -0.3 is 14.8 Å². The average Bonchev–Trinajstić information content (AvgIpc) is 3.20. The lowest BCUT2D eigenvalue weighted by molar-refractivity contribution is 0.115. The molecule has 1 N–H and O–H groups in total. The van der Waals surface area contributed by atoms with E-state index in [0.29, 0.717) is 6.04 Å². The first-order chi connectivity index (χ1) is 11.6. The average molecular weight is 333 g/mol. The van der Waals surface area contributed by atoms with Crippen LogP contribution in [0.2, 0.25) is 0 Å². The molecule has 1 saturated carbocycles. The van der Waals surface area contributed by atoms with Gasteiger partial charge in [-0.05, 0) is 52.1 Å². The second kappa shape index (κ2) is 8.48. The van der Waals surface area contributed by atoms with Crippen molar-refractivity contribution in [3.8, 4) is 0 Å². The molecule has 0 radical (unpaired) electrons. The van der Waals surface area contributed by atoms with Gasteiger partial charge in [-0.3, -0.25) is 0 Å². The number of likely N-dealkylation sites (tertiary alicyclic amines) is 1. The molecule has 1 atom stereocenters. The Morgan fingerprint density at radius 2 is 1.96 bits per heavy atom. The quantitative estimate of drug-likeness (QED) is 0.827. The van der Waals surface area contributed by atoms with Crippen molar-refractivity contribution in [2.45, 2.75) is 71.4 Å². The molecule has 4 nitrogen and oxygen atoms in total. The molecule has 1 aromatic rings. The van der Waals surface area contributed by atoms with Gasteiger partial charge in [-0.1, -0.05) is 25.7 Å². The van der Waals surface area contributed by atoms with Gasteiger partial charge in [0.2, 0.25) is 0 Å². The molecule has 136 valence electrons. The van der Waals surface area contributed by atoms with Crippen LogP contribution in [-0.4, -0.2) is 52.5 Å². The molecule has 1 aliphatic carbocycles. The van der Waals surface area contributed by atoms with Crippen LogP contribution in [0.4, 0.5) is 0 Å². The van der Waals surface area contributed by atoms with Crippen LogP contribution >= 0.6 is 0 Å². The van der Waals surface area contributed by atoms with Crippen molar-refractivity contribution in [3.63, 3.8) is 0 Å². The largest absolute Gasteiger partial charge is 0.345 e. The second-order valence-electron chi connectivity index (χ2n) is 8.50. The van der Waals surface area contributed by atoms with E-state index in [0.717, 1.165) is 24.8 Å². The van der Waals surface area contributed by atoms with E-state index in [1.54, 1.807) is 0 Å². The number of H-pyrrole nitrogens is 1. The van der Waals surface area contributed by atoms with E-state index < -0.39 is 0 Å². The molecule has 0 aromatic carbocycles. The molecule has 0 spiro atoms. The van der Waals surface area contributed by atoms with Gasteiger partial charge in [0.25, 0.3) is 0 Å². The summed E-state index contributed by atoms with van der Waals surface area (Å²) in [6.07, 6.45) is 11.5. The molecule has 1 aromatic heterocycles. The summed E-state index contributed by atoms with van der Waals surface area (Å²) in [4.78, 5) is 13.3. The zero-order valence-electron chi connectivity index (χ0n) is 15.9. The van der Waals surface area contributed by atoms with Gasteiger partial charge in [0.05, 0.1) is 0 Å². The lowest BCUT2D eigenvalue weighted by Gasteiger charge is -2.37. The first kappa shape index (κ1) is 17.9. The van der Waals surface area contributed by atoms with Crippen molar-refractivity contribution in [1.29, 1.82) is 0 Å². The predicted octanol–water partition coefficient (Wildman–Crippen LogP) is 3.69. The lowest BCUT2D eigenvalue weighted by Crippen LogP contribution is -2.43. The van der Waals surface area contributed by atoms with Crippen molar-refractivity contribution in [2.75, 3.05) is 26.7 Å². The molecule has 0 amide bonds. The van der Waals surface area contributed by atoms with Crippen LogP contribution in [0.3, 0.4) is 0 Å². The highest BCUT2D eigenvalue weighted by Crippen LogP contribution is 2.27. The van der Waals surface area contributed by atoms with Gasteiger partial charge in [0, 0.05) is 44.0 Å². The minimum Gasteiger partial charge on any atom is -0.345 e. The zero-order chi connectivity index (χ0) is 16.9. The molecule has 4 heteroatoms. The highest BCUT2D eigenvalue weighted by molar-refractivity contribution is 5.02. The normalized spacial score (nSPS) is 23.6. The van der Waals surface area contributed by atoms with Crippen molar-refractivity contribution in [2.24, 2.45) is 11.8 Å².